The summed E-state index contributed by atoms with van der Waals surface area (Å²) in [5, 5.41) is 3.46. The van der Waals surface area contributed by atoms with Crippen molar-refractivity contribution in [2.24, 2.45) is 0 Å². The van der Waals surface area contributed by atoms with Crippen LogP contribution in [-0.2, 0) is 13.1 Å². The van der Waals surface area contributed by atoms with Gasteiger partial charge in [-0.05, 0) is 32.9 Å². The molecule has 0 spiro atoms. The highest BCUT2D eigenvalue weighted by atomic mass is 15.1. The van der Waals surface area contributed by atoms with Gasteiger partial charge in [-0.15, -0.1) is 13.2 Å². The van der Waals surface area contributed by atoms with Gasteiger partial charge in [0.05, 0.1) is 11.4 Å². The smallest absolute Gasteiger partial charge is 0.0548 e. The Morgan fingerprint density at radius 1 is 1.15 bits per heavy atom. The Balaban J connectivity index is 2.66. The molecule has 1 aromatic heterocycles. The molecule has 0 radical (unpaired) electrons. The molecular formula is C17H27N3. The van der Waals surface area contributed by atoms with E-state index in [1.807, 2.05) is 12.2 Å². The van der Waals surface area contributed by atoms with Crippen LogP contribution in [0, 0.1) is 0 Å². The van der Waals surface area contributed by atoms with Gasteiger partial charge in [0.1, 0.15) is 0 Å². The minimum atomic E-state index is 0.107. The normalized spacial score (nSPS) is 11.6. The topological polar surface area (TPSA) is 28.2 Å². The monoisotopic (exact) mass is 273 g/mol. The summed E-state index contributed by atoms with van der Waals surface area (Å²) in [5.74, 6) is 0. The average molecular weight is 273 g/mol. The Kier molecular flexibility index (Phi) is 6.62. The van der Waals surface area contributed by atoms with E-state index >= 15 is 0 Å². The van der Waals surface area contributed by atoms with E-state index in [-0.39, 0.29) is 5.54 Å². The molecule has 0 unspecified atom stereocenters. The van der Waals surface area contributed by atoms with Crippen LogP contribution in [0.5, 0.6) is 0 Å². The fraction of sp³-hybridized carbons (Fsp3) is 0.471. The van der Waals surface area contributed by atoms with E-state index in [2.05, 4.69) is 62.3 Å². The van der Waals surface area contributed by atoms with E-state index < -0.39 is 0 Å². The minimum absolute atomic E-state index is 0.107. The van der Waals surface area contributed by atoms with E-state index in [9.17, 15) is 0 Å². The second-order valence-corrected chi connectivity index (χ2v) is 6.00. The molecule has 3 nitrogen and oxygen atoms in total. The Labute approximate surface area is 123 Å². The number of nitrogens with zero attached hydrogens (tertiary/aromatic N) is 2. The molecule has 1 N–H and O–H groups in total. The number of hydrogen-bond donors (Lipinski definition) is 1. The second kappa shape index (κ2) is 7.98. The van der Waals surface area contributed by atoms with Gasteiger partial charge in [-0.25, -0.2) is 0 Å². The molecule has 1 aromatic rings. The molecule has 110 valence electrons. The summed E-state index contributed by atoms with van der Waals surface area (Å²) in [5.41, 5.74) is 2.27. The lowest BCUT2D eigenvalue weighted by molar-refractivity contribution is 0.323. The van der Waals surface area contributed by atoms with Crippen LogP contribution < -0.4 is 5.32 Å². The van der Waals surface area contributed by atoms with Crippen LogP contribution >= 0.6 is 0 Å². The quantitative estimate of drug-likeness (QED) is 0.738. The van der Waals surface area contributed by atoms with Gasteiger partial charge in [0.25, 0.3) is 0 Å². The first-order valence-corrected chi connectivity index (χ1v) is 7.08. The second-order valence-electron chi connectivity index (χ2n) is 6.00. The Morgan fingerprint density at radius 3 is 2.30 bits per heavy atom. The minimum Gasteiger partial charge on any atom is -0.306 e. The van der Waals surface area contributed by atoms with Gasteiger partial charge in [0, 0.05) is 31.7 Å². The molecule has 3 heteroatoms. The van der Waals surface area contributed by atoms with Crippen LogP contribution in [0.2, 0.25) is 0 Å². The van der Waals surface area contributed by atoms with Crippen molar-refractivity contribution in [1.29, 1.82) is 0 Å². The lowest BCUT2D eigenvalue weighted by Crippen LogP contribution is -2.35. The van der Waals surface area contributed by atoms with Gasteiger partial charge in [-0.1, -0.05) is 18.2 Å². The summed E-state index contributed by atoms with van der Waals surface area (Å²) >= 11 is 0. The molecule has 0 aliphatic carbocycles. The van der Waals surface area contributed by atoms with Crippen LogP contribution in [-0.4, -0.2) is 28.5 Å². The maximum atomic E-state index is 4.71. The van der Waals surface area contributed by atoms with Gasteiger partial charge < -0.3 is 5.32 Å². The third-order valence-electron chi connectivity index (χ3n) is 2.82. The van der Waals surface area contributed by atoms with Crippen molar-refractivity contribution < 1.29 is 0 Å². The van der Waals surface area contributed by atoms with Crippen molar-refractivity contribution in [2.45, 2.75) is 39.4 Å². The highest BCUT2D eigenvalue weighted by Gasteiger charge is 2.09. The predicted octanol–water partition coefficient (Wildman–Crippen LogP) is 3.14. The highest BCUT2D eigenvalue weighted by molar-refractivity contribution is 5.11. The van der Waals surface area contributed by atoms with Crippen LogP contribution in [0.15, 0.2) is 43.5 Å². The maximum Gasteiger partial charge on any atom is 0.0548 e. The van der Waals surface area contributed by atoms with Crippen LogP contribution in [0.1, 0.15) is 32.2 Å². The van der Waals surface area contributed by atoms with Gasteiger partial charge in [-0.3, -0.25) is 9.88 Å². The number of hydrogen-bond acceptors (Lipinski definition) is 3. The first kappa shape index (κ1) is 16.6. The summed E-state index contributed by atoms with van der Waals surface area (Å²) in [7, 11) is 0. The predicted molar refractivity (Wildman–Crippen MR) is 86.5 cm³/mol. The zero-order chi connectivity index (χ0) is 15.0. The summed E-state index contributed by atoms with van der Waals surface area (Å²) in [6.07, 6.45) is 3.82. The zero-order valence-electron chi connectivity index (χ0n) is 13.0. The van der Waals surface area contributed by atoms with E-state index in [1.165, 1.54) is 0 Å². The molecule has 0 amide bonds. The molecule has 0 aromatic carbocycles. The van der Waals surface area contributed by atoms with Crippen molar-refractivity contribution in [2.75, 3.05) is 13.1 Å². The van der Waals surface area contributed by atoms with Gasteiger partial charge >= 0.3 is 0 Å². The molecule has 0 aliphatic rings. The fourth-order valence-corrected chi connectivity index (χ4v) is 1.87. The lowest BCUT2D eigenvalue weighted by Gasteiger charge is -2.21. The lowest BCUT2D eigenvalue weighted by atomic mass is 10.1. The Morgan fingerprint density at radius 2 is 1.75 bits per heavy atom. The first-order chi connectivity index (χ1) is 9.44. The number of nitrogens with one attached hydrogen (secondary N) is 1. The van der Waals surface area contributed by atoms with E-state index in [0.717, 1.165) is 37.6 Å². The van der Waals surface area contributed by atoms with Crippen LogP contribution in [0.4, 0.5) is 0 Å². The molecule has 0 fully saturated rings. The Bertz CT molecular complexity index is 422. The molecule has 0 bridgehead atoms. The summed E-state index contributed by atoms with van der Waals surface area (Å²) in [6.45, 7) is 17.4. The molecule has 0 saturated heterocycles. The van der Waals surface area contributed by atoms with Crippen molar-refractivity contribution >= 4 is 0 Å². The standard InChI is InChI=1S/C17H27N3/c1-6-11-20(12-7-2)14-16-10-8-9-15(19-16)13-18-17(3,4)5/h6-10,18H,1-2,11-14H2,3-5H3. The van der Waals surface area contributed by atoms with Gasteiger partial charge in [-0.2, -0.15) is 0 Å². The summed E-state index contributed by atoms with van der Waals surface area (Å²) in [4.78, 5) is 6.96. The molecule has 0 aliphatic heterocycles. The maximum absolute atomic E-state index is 4.71. The van der Waals surface area contributed by atoms with Crippen molar-refractivity contribution in [1.82, 2.24) is 15.2 Å². The molecule has 0 atom stereocenters. The molecular weight excluding hydrogens is 246 g/mol. The summed E-state index contributed by atoms with van der Waals surface area (Å²) < 4.78 is 0. The zero-order valence-corrected chi connectivity index (χ0v) is 13.0. The number of rotatable bonds is 8. The van der Waals surface area contributed by atoms with Crippen molar-refractivity contribution in [3.05, 3.63) is 54.9 Å². The van der Waals surface area contributed by atoms with Gasteiger partial charge in [0.2, 0.25) is 0 Å². The largest absolute Gasteiger partial charge is 0.306 e. The number of pyridine rings is 1. The molecule has 1 rings (SSSR count). The van der Waals surface area contributed by atoms with Crippen molar-refractivity contribution in [3.8, 4) is 0 Å². The highest BCUT2D eigenvalue weighted by Crippen LogP contribution is 2.06. The van der Waals surface area contributed by atoms with E-state index in [0.29, 0.717) is 0 Å². The van der Waals surface area contributed by atoms with Gasteiger partial charge in [0.15, 0.2) is 0 Å². The third kappa shape index (κ3) is 6.64. The fourth-order valence-electron chi connectivity index (χ4n) is 1.87. The average Bonchev–Trinajstić information content (AvgIpc) is 2.37. The molecule has 1 heterocycles. The Hall–Kier alpha value is -1.45. The molecule has 20 heavy (non-hydrogen) atoms. The van der Waals surface area contributed by atoms with E-state index in [1.54, 1.807) is 0 Å². The third-order valence-corrected chi connectivity index (χ3v) is 2.82. The van der Waals surface area contributed by atoms with Crippen LogP contribution in [0.25, 0.3) is 0 Å². The molecule has 0 saturated carbocycles. The number of aromatic nitrogens is 1. The first-order valence-electron chi connectivity index (χ1n) is 7.08. The van der Waals surface area contributed by atoms with Crippen LogP contribution in [0.3, 0.4) is 0 Å². The van der Waals surface area contributed by atoms with Crippen molar-refractivity contribution in [3.63, 3.8) is 0 Å². The summed E-state index contributed by atoms with van der Waals surface area (Å²) in [6, 6.07) is 6.20. The SMILES string of the molecule is C=CCN(CC=C)Cc1cccc(CNC(C)(C)C)n1. The van der Waals surface area contributed by atoms with E-state index in [4.69, 9.17) is 4.98 Å².